The van der Waals surface area contributed by atoms with Crippen LogP contribution in [0.25, 0.3) is 22.0 Å². The zero-order chi connectivity index (χ0) is 33.0. The number of carboxylic acids is 1. The molecule has 0 bridgehead atoms. The number of aromatic nitrogens is 3. The number of rotatable bonds is 12. The van der Waals surface area contributed by atoms with Crippen molar-refractivity contribution in [1.29, 1.82) is 5.26 Å². The Labute approximate surface area is 276 Å². The van der Waals surface area contributed by atoms with Crippen molar-refractivity contribution in [2.24, 2.45) is 0 Å². The molecule has 12 heteroatoms. The van der Waals surface area contributed by atoms with Crippen molar-refractivity contribution in [2.75, 3.05) is 10.6 Å². The second-order valence-corrected chi connectivity index (χ2v) is 11.8. The topological polar surface area (TPSA) is 151 Å². The van der Waals surface area contributed by atoms with E-state index in [9.17, 15) is 19.6 Å². The lowest BCUT2D eigenvalue weighted by molar-refractivity contribution is -0.137. The molecular formula is C36H32FN9O2. The number of aliphatic carboxylic acids is 1. The van der Waals surface area contributed by atoms with Crippen LogP contribution in [0.1, 0.15) is 54.5 Å². The SMILES string of the molecule is N#Cc1cnc2c(-c3cncnc3)cc(NC(C3=CN(C4CC4)NN3)c3ccc(F)cc3)cc2c1N[C@H](CCC(=O)O)c1ccccc1. The van der Waals surface area contributed by atoms with Crippen LogP contribution in [0.4, 0.5) is 15.8 Å². The highest BCUT2D eigenvalue weighted by Crippen LogP contribution is 2.39. The van der Waals surface area contributed by atoms with E-state index in [0.717, 1.165) is 40.8 Å². The Hall–Kier alpha value is -6.06. The Morgan fingerprint density at radius 1 is 1.04 bits per heavy atom. The summed E-state index contributed by atoms with van der Waals surface area (Å²) in [5, 5.41) is 29.7. The zero-order valence-electron chi connectivity index (χ0n) is 25.8. The van der Waals surface area contributed by atoms with Gasteiger partial charge >= 0.3 is 5.97 Å². The summed E-state index contributed by atoms with van der Waals surface area (Å²) in [6, 6.07) is 21.7. The molecule has 0 amide bonds. The summed E-state index contributed by atoms with van der Waals surface area (Å²) in [7, 11) is 0. The maximum atomic E-state index is 14.0. The molecule has 5 N–H and O–H groups in total. The van der Waals surface area contributed by atoms with E-state index in [1.807, 2.05) is 53.7 Å². The minimum absolute atomic E-state index is 0.0652. The molecule has 0 spiro atoms. The third-order valence-electron chi connectivity index (χ3n) is 8.50. The summed E-state index contributed by atoms with van der Waals surface area (Å²) >= 11 is 0. The molecule has 3 heterocycles. The molecule has 1 unspecified atom stereocenters. The summed E-state index contributed by atoms with van der Waals surface area (Å²) in [5.74, 6) is -1.24. The molecule has 240 valence electrons. The van der Waals surface area contributed by atoms with Gasteiger partial charge in [-0.1, -0.05) is 42.5 Å². The first-order chi connectivity index (χ1) is 23.5. The van der Waals surface area contributed by atoms with E-state index in [4.69, 9.17) is 4.98 Å². The van der Waals surface area contributed by atoms with E-state index in [-0.39, 0.29) is 12.2 Å². The van der Waals surface area contributed by atoms with Crippen LogP contribution in [0, 0.1) is 17.1 Å². The van der Waals surface area contributed by atoms with Crippen molar-refractivity contribution in [3.63, 3.8) is 0 Å². The van der Waals surface area contributed by atoms with Crippen molar-refractivity contribution in [3.8, 4) is 17.2 Å². The van der Waals surface area contributed by atoms with Gasteiger partial charge in [0.2, 0.25) is 0 Å². The van der Waals surface area contributed by atoms with Gasteiger partial charge in [0.05, 0.1) is 34.5 Å². The summed E-state index contributed by atoms with van der Waals surface area (Å²) in [5.41, 5.74) is 12.7. The average molecular weight is 642 g/mol. The third-order valence-corrected chi connectivity index (χ3v) is 8.50. The van der Waals surface area contributed by atoms with Gasteiger partial charge in [-0.25, -0.2) is 14.4 Å². The van der Waals surface area contributed by atoms with Crippen molar-refractivity contribution in [1.82, 2.24) is 30.9 Å². The number of hydrazine groups is 2. The van der Waals surface area contributed by atoms with Crippen molar-refractivity contribution < 1.29 is 14.3 Å². The zero-order valence-corrected chi connectivity index (χ0v) is 25.8. The smallest absolute Gasteiger partial charge is 0.303 e. The number of hydrogen-bond acceptors (Lipinski definition) is 10. The summed E-state index contributed by atoms with van der Waals surface area (Å²) in [4.78, 5) is 24.8. The van der Waals surface area contributed by atoms with Gasteiger partial charge in [0.25, 0.3) is 0 Å². The van der Waals surface area contributed by atoms with Crippen LogP contribution in [0.15, 0.2) is 104 Å². The van der Waals surface area contributed by atoms with Crippen LogP contribution < -0.4 is 21.6 Å². The molecule has 7 rings (SSSR count). The minimum atomic E-state index is -0.910. The molecule has 0 radical (unpaired) electrons. The fourth-order valence-electron chi connectivity index (χ4n) is 5.94. The number of nitrogens with one attached hydrogen (secondary N) is 4. The normalized spacial score (nSPS) is 15.2. The highest BCUT2D eigenvalue weighted by atomic mass is 19.1. The number of anilines is 2. The standard InChI is InChI=1S/C36H32FN9O2/c37-26-8-6-23(7-9-26)35(32-20-46(45-44-32)28-10-11-28)42-27-14-29(25-17-39-21-40-18-25)36-30(15-27)34(24(16-38)19-41-36)43-31(12-13-33(47)48)22-4-2-1-3-5-22/h1-9,14-15,17-21,28,31,35,42,44-45H,10-13H2,(H,41,43)(H,47,48)/t31-,35?/m1/s1. The number of halogens is 1. The number of carboxylic acid groups (broad SMARTS) is 1. The number of benzene rings is 3. The van der Waals surface area contributed by atoms with Crippen molar-refractivity contribution >= 4 is 28.2 Å². The molecule has 2 aromatic heterocycles. The number of carbonyl (C=O) groups is 1. The molecule has 1 saturated carbocycles. The molecule has 1 aliphatic carbocycles. The summed E-state index contributed by atoms with van der Waals surface area (Å²) < 4.78 is 14.0. The predicted molar refractivity (Wildman–Crippen MR) is 179 cm³/mol. The Bertz CT molecular complexity index is 2010. The monoisotopic (exact) mass is 641 g/mol. The number of nitriles is 1. The molecule has 1 aliphatic heterocycles. The van der Waals surface area contributed by atoms with Crippen LogP contribution in [0.2, 0.25) is 0 Å². The maximum absolute atomic E-state index is 14.0. The predicted octanol–water partition coefficient (Wildman–Crippen LogP) is 6.20. The quantitative estimate of drug-likeness (QED) is 0.106. The van der Waals surface area contributed by atoms with Gasteiger partial charge in [0.15, 0.2) is 0 Å². The summed E-state index contributed by atoms with van der Waals surface area (Å²) in [6.07, 6.45) is 10.8. The van der Waals surface area contributed by atoms with E-state index in [2.05, 4.69) is 37.6 Å². The number of hydrogen-bond donors (Lipinski definition) is 5. The molecule has 0 saturated heterocycles. The largest absolute Gasteiger partial charge is 0.481 e. The average Bonchev–Trinajstić information content (AvgIpc) is 3.86. The first-order valence-corrected chi connectivity index (χ1v) is 15.7. The fraction of sp³-hybridized carbons (Fsp3) is 0.194. The van der Waals surface area contributed by atoms with E-state index < -0.39 is 18.1 Å². The van der Waals surface area contributed by atoms with Gasteiger partial charge in [-0.05, 0) is 54.7 Å². The lowest BCUT2D eigenvalue weighted by Gasteiger charge is -2.24. The first kappa shape index (κ1) is 30.6. The van der Waals surface area contributed by atoms with Gasteiger partial charge < -0.3 is 21.2 Å². The Balaban J connectivity index is 1.37. The lowest BCUT2D eigenvalue weighted by atomic mass is 9.97. The molecule has 2 atom stereocenters. The Morgan fingerprint density at radius 2 is 1.81 bits per heavy atom. The van der Waals surface area contributed by atoms with E-state index in [0.29, 0.717) is 40.3 Å². The first-order valence-electron chi connectivity index (χ1n) is 15.7. The van der Waals surface area contributed by atoms with Crippen LogP contribution in [-0.4, -0.2) is 37.1 Å². The number of fused-ring (bicyclic) bond motifs is 1. The van der Waals surface area contributed by atoms with E-state index >= 15 is 0 Å². The fourth-order valence-corrected chi connectivity index (χ4v) is 5.94. The molecule has 3 aromatic carbocycles. The Morgan fingerprint density at radius 3 is 2.52 bits per heavy atom. The molecule has 5 aromatic rings. The van der Waals surface area contributed by atoms with E-state index in [1.165, 1.54) is 24.7 Å². The molecular weight excluding hydrogens is 609 g/mol. The molecule has 11 nitrogen and oxygen atoms in total. The second-order valence-electron chi connectivity index (χ2n) is 11.8. The van der Waals surface area contributed by atoms with Gasteiger partial charge in [-0.2, -0.15) is 5.26 Å². The van der Waals surface area contributed by atoms with Gasteiger partial charge in [0, 0.05) is 59.5 Å². The molecule has 48 heavy (non-hydrogen) atoms. The lowest BCUT2D eigenvalue weighted by Crippen LogP contribution is -2.38. The van der Waals surface area contributed by atoms with E-state index in [1.54, 1.807) is 24.5 Å². The van der Waals surface area contributed by atoms with Crippen molar-refractivity contribution in [2.45, 2.75) is 43.8 Å². The highest BCUT2D eigenvalue weighted by molar-refractivity contribution is 6.04. The number of pyridine rings is 1. The van der Waals surface area contributed by atoms with Crippen LogP contribution in [-0.2, 0) is 4.79 Å². The van der Waals surface area contributed by atoms with Crippen LogP contribution in [0.5, 0.6) is 0 Å². The van der Waals surface area contributed by atoms with Crippen molar-refractivity contribution in [3.05, 3.63) is 126 Å². The maximum Gasteiger partial charge on any atom is 0.303 e. The highest BCUT2D eigenvalue weighted by Gasteiger charge is 2.32. The van der Waals surface area contributed by atoms with Gasteiger partial charge in [-0.3, -0.25) is 14.8 Å². The van der Waals surface area contributed by atoms with Gasteiger partial charge in [-0.15, -0.1) is 5.53 Å². The summed E-state index contributed by atoms with van der Waals surface area (Å²) in [6.45, 7) is 0. The minimum Gasteiger partial charge on any atom is -0.481 e. The molecule has 1 fully saturated rings. The van der Waals surface area contributed by atoms with Crippen LogP contribution in [0.3, 0.4) is 0 Å². The second kappa shape index (κ2) is 13.4. The Kier molecular flexibility index (Phi) is 8.51. The van der Waals surface area contributed by atoms with Gasteiger partial charge in [0.1, 0.15) is 18.2 Å². The van der Waals surface area contributed by atoms with Crippen LogP contribution >= 0.6 is 0 Å². The third kappa shape index (κ3) is 6.58. The molecule has 2 aliphatic rings. The number of nitrogens with zero attached hydrogens (tertiary/aromatic N) is 5.